The fourth-order valence-electron chi connectivity index (χ4n) is 5.88. The third kappa shape index (κ3) is 2.97. The Bertz CT molecular complexity index is 1870. The van der Waals surface area contributed by atoms with Crippen LogP contribution in [0, 0.1) is 5.82 Å². The third-order valence-electron chi connectivity index (χ3n) is 7.20. The highest BCUT2D eigenvalue weighted by atomic mass is 19.1. The highest BCUT2D eigenvalue weighted by Gasteiger charge is 2.37. The summed E-state index contributed by atoms with van der Waals surface area (Å²) in [5.74, 6) is -1.31. The molecule has 0 atom stereocenters. The van der Waals surface area contributed by atoms with Gasteiger partial charge in [0.15, 0.2) is 0 Å². The van der Waals surface area contributed by atoms with Crippen LogP contribution in [0.3, 0.4) is 0 Å². The average Bonchev–Trinajstić information content (AvgIpc) is 3.38. The molecular formula is C28H23FN4O4. The molecular weight excluding hydrogens is 475 g/mol. The maximum absolute atomic E-state index is 14.1. The molecule has 8 nitrogen and oxygen atoms in total. The van der Waals surface area contributed by atoms with Gasteiger partial charge in [-0.25, -0.2) is 9.18 Å². The molecule has 186 valence electrons. The zero-order chi connectivity index (χ0) is 25.8. The number of hydrogen-bond donors (Lipinski definition) is 2. The molecule has 5 aromatic rings. The molecule has 0 spiro atoms. The molecule has 9 heteroatoms. The molecule has 0 saturated carbocycles. The molecule has 4 heterocycles. The Morgan fingerprint density at radius 3 is 2.49 bits per heavy atom. The predicted molar refractivity (Wildman–Crippen MR) is 137 cm³/mol. The molecule has 7 rings (SSSR count). The Morgan fingerprint density at radius 1 is 0.973 bits per heavy atom. The Hall–Kier alpha value is -4.40. The van der Waals surface area contributed by atoms with E-state index >= 15 is 0 Å². The quantitative estimate of drug-likeness (QED) is 0.287. The van der Waals surface area contributed by atoms with Gasteiger partial charge < -0.3 is 19.2 Å². The number of fused-ring (bicyclic) bond motifs is 10. The molecule has 0 bridgehead atoms. The molecule has 2 aromatic heterocycles. The van der Waals surface area contributed by atoms with E-state index in [1.807, 2.05) is 39.0 Å². The number of ether oxygens (including phenoxy) is 1. The van der Waals surface area contributed by atoms with Crippen molar-refractivity contribution in [3.8, 4) is 0 Å². The van der Waals surface area contributed by atoms with Gasteiger partial charge in [0.25, 0.3) is 11.8 Å². The normalized spacial score (nSPS) is 15.6. The largest absolute Gasteiger partial charge is 0.444 e. The van der Waals surface area contributed by atoms with Crippen molar-refractivity contribution in [2.75, 3.05) is 6.54 Å². The smallest absolute Gasteiger partial charge is 0.410 e. The van der Waals surface area contributed by atoms with E-state index in [0.717, 1.165) is 22.0 Å². The molecule has 3 amide bonds. The summed E-state index contributed by atoms with van der Waals surface area (Å²) >= 11 is 0. The summed E-state index contributed by atoms with van der Waals surface area (Å²) in [6.07, 6.45) is -0.392. The number of nitrogens with zero attached hydrogens (tertiary/aromatic N) is 2. The van der Waals surface area contributed by atoms with Gasteiger partial charge in [-0.2, -0.15) is 0 Å². The summed E-state index contributed by atoms with van der Waals surface area (Å²) in [5.41, 5.74) is 3.78. The molecule has 0 radical (unpaired) electrons. The SMILES string of the molecule is CC(C)(C)OC(=O)N1CCn2c3c(cccc3c3c4c(c5c6ccc(F)cc6[nH]c5c32)C(=O)NC4=O)C1. The van der Waals surface area contributed by atoms with Crippen molar-refractivity contribution in [3.05, 3.63) is 58.9 Å². The van der Waals surface area contributed by atoms with Crippen molar-refractivity contribution in [1.29, 1.82) is 0 Å². The van der Waals surface area contributed by atoms with E-state index in [0.29, 0.717) is 58.0 Å². The van der Waals surface area contributed by atoms with E-state index in [4.69, 9.17) is 4.74 Å². The fourth-order valence-corrected chi connectivity index (χ4v) is 5.88. The van der Waals surface area contributed by atoms with E-state index in [1.165, 1.54) is 12.1 Å². The lowest BCUT2D eigenvalue weighted by molar-refractivity contribution is 0.0233. The molecule has 0 unspecified atom stereocenters. The van der Waals surface area contributed by atoms with Crippen LogP contribution in [0.25, 0.3) is 43.6 Å². The molecule has 2 aliphatic heterocycles. The second-order valence-electron chi connectivity index (χ2n) is 10.7. The van der Waals surface area contributed by atoms with Gasteiger partial charge >= 0.3 is 6.09 Å². The summed E-state index contributed by atoms with van der Waals surface area (Å²) in [7, 11) is 0. The first-order valence-corrected chi connectivity index (χ1v) is 12.2. The number of aromatic nitrogens is 2. The molecule has 0 fully saturated rings. The van der Waals surface area contributed by atoms with Gasteiger partial charge in [0.05, 0.1) is 34.2 Å². The molecule has 37 heavy (non-hydrogen) atoms. The highest BCUT2D eigenvalue weighted by molar-refractivity contribution is 6.39. The van der Waals surface area contributed by atoms with E-state index in [-0.39, 0.29) is 0 Å². The Kier molecular flexibility index (Phi) is 4.19. The molecule has 0 saturated heterocycles. The van der Waals surface area contributed by atoms with E-state index in [2.05, 4.69) is 14.9 Å². The molecule has 2 aliphatic rings. The fraction of sp³-hybridized carbons (Fsp3) is 0.250. The van der Waals surface area contributed by atoms with Crippen molar-refractivity contribution < 1.29 is 23.5 Å². The number of hydrogen-bond acceptors (Lipinski definition) is 4. The van der Waals surface area contributed by atoms with Crippen molar-refractivity contribution in [1.82, 2.24) is 19.8 Å². The van der Waals surface area contributed by atoms with Gasteiger partial charge in [0.1, 0.15) is 11.4 Å². The predicted octanol–water partition coefficient (Wildman–Crippen LogP) is 5.20. The average molecular weight is 499 g/mol. The minimum absolute atomic E-state index is 0.308. The van der Waals surface area contributed by atoms with Gasteiger partial charge in [0.2, 0.25) is 0 Å². The van der Waals surface area contributed by atoms with Crippen LogP contribution in [0.4, 0.5) is 9.18 Å². The van der Waals surface area contributed by atoms with Crippen LogP contribution >= 0.6 is 0 Å². The Morgan fingerprint density at radius 2 is 1.73 bits per heavy atom. The summed E-state index contributed by atoms with van der Waals surface area (Å²) in [4.78, 5) is 44.2. The summed E-state index contributed by atoms with van der Waals surface area (Å²) in [6, 6.07) is 10.2. The van der Waals surface area contributed by atoms with Gasteiger partial charge in [0, 0.05) is 40.2 Å². The van der Waals surface area contributed by atoms with Gasteiger partial charge in [-0.1, -0.05) is 18.2 Å². The number of amides is 3. The Labute approximate surface area is 209 Å². The van der Waals surface area contributed by atoms with Crippen LogP contribution in [-0.2, 0) is 17.8 Å². The number of para-hydroxylation sites is 1. The lowest BCUT2D eigenvalue weighted by Crippen LogP contribution is -2.37. The number of carbonyl (C=O) groups is 3. The van der Waals surface area contributed by atoms with Gasteiger partial charge in [-0.3, -0.25) is 14.9 Å². The number of halogens is 1. The summed E-state index contributed by atoms with van der Waals surface area (Å²) in [5, 5.41) is 5.23. The van der Waals surface area contributed by atoms with Crippen LogP contribution in [0.15, 0.2) is 36.4 Å². The minimum Gasteiger partial charge on any atom is -0.444 e. The number of benzene rings is 3. The maximum atomic E-state index is 14.1. The molecule has 3 aromatic carbocycles. The van der Waals surface area contributed by atoms with Gasteiger partial charge in [-0.15, -0.1) is 0 Å². The first-order chi connectivity index (χ1) is 17.6. The lowest BCUT2D eigenvalue weighted by atomic mass is 9.96. The van der Waals surface area contributed by atoms with E-state index in [1.54, 1.807) is 11.0 Å². The standard InChI is InChI=1S/C28H23FN4O4/c1-28(2,3)37-27(36)32-9-10-33-23-13(12-32)5-4-6-16(23)19-21-20(25(34)31-26(21)35)18-15-8-7-14(29)11-17(15)30-22(18)24(19)33/h4-8,11,30H,9-10,12H2,1-3H3,(H,31,34,35). The number of rotatable bonds is 0. The van der Waals surface area contributed by atoms with Crippen molar-refractivity contribution >= 4 is 61.5 Å². The Balaban J connectivity index is 1.58. The van der Waals surface area contributed by atoms with Crippen molar-refractivity contribution in [2.45, 2.75) is 39.5 Å². The molecule has 0 aliphatic carbocycles. The van der Waals surface area contributed by atoms with Gasteiger partial charge in [-0.05, 0) is 44.5 Å². The first kappa shape index (κ1) is 21.8. The first-order valence-electron chi connectivity index (χ1n) is 12.2. The second-order valence-corrected chi connectivity index (χ2v) is 10.7. The summed E-state index contributed by atoms with van der Waals surface area (Å²) < 4.78 is 21.9. The van der Waals surface area contributed by atoms with Crippen LogP contribution in [0.5, 0.6) is 0 Å². The molecule has 2 N–H and O–H groups in total. The van der Waals surface area contributed by atoms with Crippen LogP contribution < -0.4 is 5.32 Å². The number of carbonyl (C=O) groups excluding carboxylic acids is 3. The number of H-pyrrole nitrogens is 1. The van der Waals surface area contributed by atoms with Crippen molar-refractivity contribution in [2.24, 2.45) is 0 Å². The monoisotopic (exact) mass is 498 g/mol. The minimum atomic E-state index is -0.621. The van der Waals surface area contributed by atoms with Crippen LogP contribution in [0.1, 0.15) is 47.1 Å². The maximum Gasteiger partial charge on any atom is 0.410 e. The number of nitrogens with one attached hydrogen (secondary N) is 2. The van der Waals surface area contributed by atoms with Crippen LogP contribution in [-0.4, -0.2) is 44.5 Å². The van der Waals surface area contributed by atoms with E-state index in [9.17, 15) is 18.8 Å². The highest BCUT2D eigenvalue weighted by Crippen LogP contribution is 2.44. The zero-order valence-electron chi connectivity index (χ0n) is 20.5. The lowest BCUT2D eigenvalue weighted by Gasteiger charge is -2.26. The number of imide groups is 1. The zero-order valence-corrected chi connectivity index (χ0v) is 20.5. The van der Waals surface area contributed by atoms with E-state index < -0.39 is 29.3 Å². The van der Waals surface area contributed by atoms with Crippen LogP contribution in [0.2, 0.25) is 0 Å². The number of aromatic amines is 1. The topological polar surface area (TPSA) is 96.4 Å². The third-order valence-corrected chi connectivity index (χ3v) is 7.20. The van der Waals surface area contributed by atoms with Crippen molar-refractivity contribution in [3.63, 3.8) is 0 Å². The summed E-state index contributed by atoms with van der Waals surface area (Å²) in [6.45, 7) is 6.69. The second kappa shape index (κ2) is 7.09.